The van der Waals surface area contributed by atoms with Crippen LogP contribution in [0.1, 0.15) is 24.3 Å². The number of carbonyl (C=O) groups excluding carboxylic acids is 2. The summed E-state index contributed by atoms with van der Waals surface area (Å²) in [5, 5.41) is 10.6. The van der Waals surface area contributed by atoms with E-state index < -0.39 is 0 Å². The summed E-state index contributed by atoms with van der Waals surface area (Å²) in [5.41, 5.74) is 2.43. The molecule has 0 bridgehead atoms. The van der Waals surface area contributed by atoms with Crippen molar-refractivity contribution in [2.75, 3.05) is 37.0 Å². The molecule has 0 aliphatic carbocycles. The van der Waals surface area contributed by atoms with E-state index in [2.05, 4.69) is 15.7 Å². The summed E-state index contributed by atoms with van der Waals surface area (Å²) in [5.74, 6) is 0.583. The number of benzene rings is 1. The Morgan fingerprint density at radius 1 is 1.34 bits per heavy atom. The van der Waals surface area contributed by atoms with E-state index in [-0.39, 0.29) is 36.1 Å². The highest BCUT2D eigenvalue weighted by atomic mass is 35.5. The Labute approximate surface area is 176 Å². The van der Waals surface area contributed by atoms with Crippen molar-refractivity contribution >= 4 is 35.6 Å². The van der Waals surface area contributed by atoms with Gasteiger partial charge < -0.3 is 20.3 Å². The van der Waals surface area contributed by atoms with Crippen molar-refractivity contribution in [3.8, 4) is 5.75 Å². The molecule has 2 aliphatic heterocycles. The Kier molecular flexibility index (Phi) is 6.44. The number of amides is 2. The number of hydrogen-bond donors (Lipinski definition) is 2. The SMILES string of the molecule is COc1ccc(NC(=O)[C@H]2CNC[C@@H]2c2cnn(C)c2)cc1N1CCCC1=O.Cl. The number of ether oxygens (including phenoxy) is 1. The number of nitrogens with one attached hydrogen (secondary N) is 2. The fourth-order valence-electron chi connectivity index (χ4n) is 4.05. The summed E-state index contributed by atoms with van der Waals surface area (Å²) in [6.45, 7) is 2.04. The first-order chi connectivity index (χ1) is 13.6. The minimum atomic E-state index is -0.178. The summed E-state index contributed by atoms with van der Waals surface area (Å²) in [6.07, 6.45) is 5.16. The Morgan fingerprint density at radius 2 is 2.17 bits per heavy atom. The molecule has 0 saturated carbocycles. The maximum atomic E-state index is 13.0. The van der Waals surface area contributed by atoms with Gasteiger partial charge in [-0.05, 0) is 30.2 Å². The van der Waals surface area contributed by atoms with Crippen LogP contribution in [0.25, 0.3) is 0 Å². The molecule has 1 aromatic heterocycles. The van der Waals surface area contributed by atoms with E-state index in [1.807, 2.05) is 31.6 Å². The van der Waals surface area contributed by atoms with Gasteiger partial charge in [0, 0.05) is 50.9 Å². The molecule has 1 aromatic carbocycles. The van der Waals surface area contributed by atoms with Crippen molar-refractivity contribution in [3.05, 3.63) is 36.2 Å². The minimum absolute atomic E-state index is 0. The van der Waals surface area contributed by atoms with Crippen LogP contribution in [-0.2, 0) is 16.6 Å². The first-order valence-corrected chi connectivity index (χ1v) is 9.55. The molecule has 2 fully saturated rings. The van der Waals surface area contributed by atoms with Crippen LogP contribution in [-0.4, -0.2) is 48.3 Å². The predicted molar refractivity (Wildman–Crippen MR) is 113 cm³/mol. The Bertz CT molecular complexity index is 900. The smallest absolute Gasteiger partial charge is 0.229 e. The molecule has 9 heteroatoms. The van der Waals surface area contributed by atoms with Gasteiger partial charge in [-0.3, -0.25) is 14.3 Å². The summed E-state index contributed by atoms with van der Waals surface area (Å²) in [6, 6.07) is 5.42. The van der Waals surface area contributed by atoms with Gasteiger partial charge in [-0.1, -0.05) is 0 Å². The zero-order chi connectivity index (χ0) is 19.7. The molecule has 0 radical (unpaired) electrons. The van der Waals surface area contributed by atoms with Crippen LogP contribution in [0.2, 0.25) is 0 Å². The predicted octanol–water partition coefficient (Wildman–Crippen LogP) is 1.92. The van der Waals surface area contributed by atoms with Crippen LogP contribution < -0.4 is 20.3 Å². The van der Waals surface area contributed by atoms with Crippen molar-refractivity contribution in [3.63, 3.8) is 0 Å². The van der Waals surface area contributed by atoms with Crippen LogP contribution in [0.5, 0.6) is 5.75 Å². The second-order valence-corrected chi connectivity index (χ2v) is 7.34. The molecule has 156 valence electrons. The second-order valence-electron chi connectivity index (χ2n) is 7.34. The molecule has 0 spiro atoms. The Balaban J connectivity index is 0.00000240. The molecule has 2 atom stereocenters. The number of hydrogen-bond acceptors (Lipinski definition) is 5. The maximum absolute atomic E-state index is 13.0. The number of nitrogens with zero attached hydrogens (tertiary/aromatic N) is 3. The van der Waals surface area contributed by atoms with E-state index in [1.54, 1.807) is 22.8 Å². The maximum Gasteiger partial charge on any atom is 0.229 e. The molecule has 4 rings (SSSR count). The number of aromatic nitrogens is 2. The van der Waals surface area contributed by atoms with Crippen molar-refractivity contribution < 1.29 is 14.3 Å². The lowest BCUT2D eigenvalue weighted by atomic mass is 9.90. The monoisotopic (exact) mass is 419 g/mol. The molecule has 2 aromatic rings. The van der Waals surface area contributed by atoms with Crippen LogP contribution in [0.3, 0.4) is 0 Å². The van der Waals surface area contributed by atoms with E-state index >= 15 is 0 Å². The minimum Gasteiger partial charge on any atom is -0.495 e. The Hall–Kier alpha value is -2.58. The van der Waals surface area contributed by atoms with E-state index in [1.165, 1.54) is 0 Å². The average molecular weight is 420 g/mol. The highest BCUT2D eigenvalue weighted by molar-refractivity contribution is 5.99. The van der Waals surface area contributed by atoms with Crippen molar-refractivity contribution in [1.29, 1.82) is 0 Å². The van der Waals surface area contributed by atoms with Crippen molar-refractivity contribution in [1.82, 2.24) is 15.1 Å². The molecule has 2 amide bonds. The molecule has 3 heterocycles. The van der Waals surface area contributed by atoms with E-state index in [9.17, 15) is 9.59 Å². The summed E-state index contributed by atoms with van der Waals surface area (Å²) in [7, 11) is 3.46. The molecule has 8 nitrogen and oxygen atoms in total. The average Bonchev–Trinajstić information content (AvgIpc) is 3.42. The molecule has 0 unspecified atom stereocenters. The van der Waals surface area contributed by atoms with Gasteiger partial charge in [0.25, 0.3) is 0 Å². The van der Waals surface area contributed by atoms with E-state index in [4.69, 9.17) is 4.74 Å². The molecule has 2 saturated heterocycles. The van der Waals surface area contributed by atoms with Crippen LogP contribution >= 0.6 is 12.4 Å². The van der Waals surface area contributed by atoms with Gasteiger partial charge in [0.2, 0.25) is 11.8 Å². The Morgan fingerprint density at radius 3 is 2.83 bits per heavy atom. The number of aryl methyl sites for hydroxylation is 1. The highest BCUT2D eigenvalue weighted by Gasteiger charge is 2.35. The quantitative estimate of drug-likeness (QED) is 0.773. The number of methoxy groups -OCH3 is 1. The standard InChI is InChI=1S/C20H25N5O3.ClH/c1-24-12-13(9-22-24)15-10-21-11-16(15)20(27)23-14-5-6-18(28-2)17(8-14)25-7-3-4-19(25)26;/h5-6,8-9,12,15-16,21H,3-4,7,10-11H2,1-2H3,(H,23,27);1H/t15-,16+;/m1./s1. The molecular weight excluding hydrogens is 394 g/mol. The first kappa shape index (κ1) is 21.1. The van der Waals surface area contributed by atoms with E-state index in [0.717, 1.165) is 18.5 Å². The van der Waals surface area contributed by atoms with Gasteiger partial charge in [-0.2, -0.15) is 5.10 Å². The molecule has 2 N–H and O–H groups in total. The zero-order valence-electron chi connectivity index (χ0n) is 16.6. The first-order valence-electron chi connectivity index (χ1n) is 9.55. The normalized spacial score (nSPS) is 21.2. The third-order valence-corrected chi connectivity index (χ3v) is 5.51. The van der Waals surface area contributed by atoms with Crippen molar-refractivity contribution in [2.24, 2.45) is 13.0 Å². The number of rotatable bonds is 5. The van der Waals surface area contributed by atoms with Crippen LogP contribution in [0, 0.1) is 5.92 Å². The second kappa shape index (κ2) is 8.84. The summed E-state index contributed by atoms with van der Waals surface area (Å²) >= 11 is 0. The van der Waals surface area contributed by atoms with Crippen LogP contribution in [0.15, 0.2) is 30.6 Å². The van der Waals surface area contributed by atoms with Gasteiger partial charge in [0.1, 0.15) is 5.75 Å². The van der Waals surface area contributed by atoms with Gasteiger partial charge in [-0.15, -0.1) is 12.4 Å². The van der Waals surface area contributed by atoms with Gasteiger partial charge >= 0.3 is 0 Å². The molecule has 29 heavy (non-hydrogen) atoms. The number of anilines is 2. The van der Waals surface area contributed by atoms with Gasteiger partial charge in [0.05, 0.1) is 24.9 Å². The molecule has 2 aliphatic rings. The lowest BCUT2D eigenvalue weighted by Crippen LogP contribution is -2.28. The fourth-order valence-corrected chi connectivity index (χ4v) is 4.05. The zero-order valence-corrected chi connectivity index (χ0v) is 17.4. The van der Waals surface area contributed by atoms with Gasteiger partial charge in [0.15, 0.2) is 0 Å². The fraction of sp³-hybridized carbons (Fsp3) is 0.450. The van der Waals surface area contributed by atoms with Crippen LogP contribution in [0.4, 0.5) is 11.4 Å². The van der Waals surface area contributed by atoms with E-state index in [0.29, 0.717) is 36.6 Å². The third kappa shape index (κ3) is 4.23. The summed E-state index contributed by atoms with van der Waals surface area (Å²) < 4.78 is 7.17. The summed E-state index contributed by atoms with van der Waals surface area (Å²) in [4.78, 5) is 26.8. The third-order valence-electron chi connectivity index (χ3n) is 5.51. The lowest BCUT2D eigenvalue weighted by molar-refractivity contribution is -0.119. The number of halogens is 1. The topological polar surface area (TPSA) is 88.5 Å². The number of carbonyl (C=O) groups is 2. The van der Waals surface area contributed by atoms with Gasteiger partial charge in [-0.25, -0.2) is 0 Å². The lowest BCUT2D eigenvalue weighted by Gasteiger charge is -2.21. The largest absolute Gasteiger partial charge is 0.495 e. The van der Waals surface area contributed by atoms with Crippen molar-refractivity contribution in [2.45, 2.75) is 18.8 Å². The molecular formula is C20H26ClN5O3. The highest BCUT2D eigenvalue weighted by Crippen LogP contribution is 2.35.